The lowest BCUT2D eigenvalue weighted by Crippen LogP contribution is -2.06. The van der Waals surface area contributed by atoms with Gasteiger partial charge in [-0.1, -0.05) is 95.5 Å². The van der Waals surface area contributed by atoms with Gasteiger partial charge in [-0.05, 0) is 12.1 Å². The summed E-state index contributed by atoms with van der Waals surface area (Å²) >= 11 is 18.4. The zero-order valence-electron chi connectivity index (χ0n) is 12.5. The van der Waals surface area contributed by atoms with E-state index in [0.29, 0.717) is 20.8 Å². The predicted molar refractivity (Wildman–Crippen MR) is 104 cm³/mol. The fraction of sp³-hybridized carbons (Fsp3) is 0. The van der Waals surface area contributed by atoms with Gasteiger partial charge in [0.15, 0.2) is 0 Å². The Balaban J connectivity index is 2.02. The van der Waals surface area contributed by atoms with Gasteiger partial charge in [-0.15, -0.1) is 0 Å². The van der Waals surface area contributed by atoms with Crippen LogP contribution < -0.4 is 5.43 Å². The van der Waals surface area contributed by atoms with Gasteiger partial charge in [0.25, 0.3) is 0 Å². The van der Waals surface area contributed by atoms with E-state index in [0.717, 1.165) is 16.8 Å². The molecule has 3 aromatic rings. The molecule has 0 heterocycles. The van der Waals surface area contributed by atoms with Gasteiger partial charge in [0.05, 0.1) is 21.4 Å². The first-order valence-electron chi connectivity index (χ1n) is 7.24. The van der Waals surface area contributed by atoms with Gasteiger partial charge >= 0.3 is 0 Å². The Morgan fingerprint density at radius 2 is 1.17 bits per heavy atom. The topological polar surface area (TPSA) is 24.4 Å². The molecular weight excluding hydrogens is 363 g/mol. The Hall–Kier alpha value is -2.00. The summed E-state index contributed by atoms with van der Waals surface area (Å²) in [6.45, 7) is 0. The number of nitrogens with zero attached hydrogens (tertiary/aromatic N) is 1. The van der Waals surface area contributed by atoms with Crippen LogP contribution in [0.3, 0.4) is 0 Å². The van der Waals surface area contributed by atoms with Crippen LogP contribution in [0.1, 0.15) is 11.1 Å². The van der Waals surface area contributed by atoms with Crippen LogP contribution in [0.4, 0.5) is 5.69 Å². The molecule has 0 amide bonds. The number of benzene rings is 3. The van der Waals surface area contributed by atoms with Crippen LogP contribution in [-0.4, -0.2) is 5.71 Å². The first kappa shape index (κ1) is 16.8. The quantitative estimate of drug-likeness (QED) is 0.408. The highest BCUT2D eigenvalue weighted by atomic mass is 35.5. The highest BCUT2D eigenvalue weighted by Crippen LogP contribution is 2.33. The largest absolute Gasteiger partial charge is 0.275 e. The summed E-state index contributed by atoms with van der Waals surface area (Å²) < 4.78 is 0. The fourth-order valence-corrected chi connectivity index (χ4v) is 3.15. The van der Waals surface area contributed by atoms with Gasteiger partial charge in [0.2, 0.25) is 0 Å². The van der Waals surface area contributed by atoms with Crippen molar-refractivity contribution in [2.45, 2.75) is 0 Å². The molecule has 5 heteroatoms. The van der Waals surface area contributed by atoms with Gasteiger partial charge in [-0.25, -0.2) is 0 Å². The van der Waals surface area contributed by atoms with Crippen LogP contribution in [0.25, 0.3) is 0 Å². The standard InChI is InChI=1S/C19H13Cl3N2/c20-15-11-16(21)19(17(22)12-15)24-23-18(13-7-3-1-4-8-13)14-9-5-2-6-10-14/h1-12,24H. The molecule has 24 heavy (non-hydrogen) atoms. The Bertz CT molecular complexity index is 798. The van der Waals surface area contributed by atoms with E-state index in [1.54, 1.807) is 12.1 Å². The molecule has 0 spiro atoms. The van der Waals surface area contributed by atoms with E-state index in [-0.39, 0.29) is 0 Å². The monoisotopic (exact) mass is 374 g/mol. The number of anilines is 1. The molecule has 0 radical (unpaired) electrons. The van der Waals surface area contributed by atoms with Crippen LogP contribution in [0, 0.1) is 0 Å². The van der Waals surface area contributed by atoms with E-state index < -0.39 is 0 Å². The lowest BCUT2D eigenvalue weighted by molar-refractivity contribution is 1.32. The Morgan fingerprint density at radius 1 is 0.708 bits per heavy atom. The summed E-state index contributed by atoms with van der Waals surface area (Å²) in [6, 6.07) is 23.0. The summed E-state index contributed by atoms with van der Waals surface area (Å²) in [5.74, 6) is 0. The van der Waals surface area contributed by atoms with E-state index in [4.69, 9.17) is 34.8 Å². The molecule has 0 saturated carbocycles. The van der Waals surface area contributed by atoms with Crippen LogP contribution >= 0.6 is 34.8 Å². The highest BCUT2D eigenvalue weighted by Gasteiger charge is 2.10. The molecule has 0 unspecified atom stereocenters. The van der Waals surface area contributed by atoms with Crippen molar-refractivity contribution in [3.63, 3.8) is 0 Å². The number of hydrogen-bond acceptors (Lipinski definition) is 2. The SMILES string of the molecule is Clc1cc(Cl)c(NN=C(c2ccccc2)c2ccccc2)c(Cl)c1. The average Bonchev–Trinajstić information content (AvgIpc) is 2.59. The molecule has 0 atom stereocenters. The van der Waals surface area contributed by atoms with Gasteiger partial charge in [-0.3, -0.25) is 5.43 Å². The molecule has 3 rings (SSSR count). The minimum absolute atomic E-state index is 0.414. The third-order valence-electron chi connectivity index (χ3n) is 3.38. The smallest absolute Gasteiger partial charge is 0.0977 e. The molecule has 0 aliphatic heterocycles. The molecule has 120 valence electrons. The van der Waals surface area contributed by atoms with Crippen molar-refractivity contribution in [3.05, 3.63) is 99.0 Å². The Kier molecular flexibility index (Phi) is 5.41. The lowest BCUT2D eigenvalue weighted by atomic mass is 10.0. The second-order valence-corrected chi connectivity index (χ2v) is 6.30. The van der Waals surface area contributed by atoms with Gasteiger partial charge in [-0.2, -0.15) is 5.10 Å². The molecular formula is C19H13Cl3N2. The normalized spacial score (nSPS) is 10.3. The number of hydrazone groups is 1. The van der Waals surface area contributed by atoms with Crippen molar-refractivity contribution < 1.29 is 0 Å². The maximum atomic E-state index is 6.21. The molecule has 0 aliphatic rings. The third-order valence-corrected chi connectivity index (χ3v) is 4.20. The number of halogens is 3. The van der Waals surface area contributed by atoms with Gasteiger partial charge < -0.3 is 0 Å². The maximum Gasteiger partial charge on any atom is 0.0977 e. The summed E-state index contributed by atoms with van der Waals surface area (Å²) in [5.41, 5.74) is 6.25. The first-order valence-corrected chi connectivity index (χ1v) is 8.37. The van der Waals surface area contributed by atoms with E-state index in [2.05, 4.69) is 10.5 Å². The molecule has 0 aliphatic carbocycles. The van der Waals surface area contributed by atoms with Crippen LogP contribution in [-0.2, 0) is 0 Å². The van der Waals surface area contributed by atoms with Crippen molar-refractivity contribution in [2.75, 3.05) is 5.43 Å². The number of nitrogens with one attached hydrogen (secondary N) is 1. The second kappa shape index (κ2) is 7.71. The maximum absolute atomic E-state index is 6.21. The van der Waals surface area contributed by atoms with Crippen LogP contribution in [0.5, 0.6) is 0 Å². The second-order valence-electron chi connectivity index (χ2n) is 5.05. The molecule has 1 N–H and O–H groups in total. The van der Waals surface area contributed by atoms with Crippen molar-refractivity contribution in [2.24, 2.45) is 5.10 Å². The molecule has 0 aromatic heterocycles. The third kappa shape index (κ3) is 3.90. The molecule has 0 saturated heterocycles. The van der Waals surface area contributed by atoms with Crippen molar-refractivity contribution in [1.29, 1.82) is 0 Å². The molecule has 0 fully saturated rings. The van der Waals surface area contributed by atoms with E-state index in [1.165, 1.54) is 0 Å². The average molecular weight is 376 g/mol. The zero-order chi connectivity index (χ0) is 16.9. The Morgan fingerprint density at radius 3 is 1.62 bits per heavy atom. The van der Waals surface area contributed by atoms with Crippen LogP contribution in [0.15, 0.2) is 77.9 Å². The summed E-state index contributed by atoms with van der Waals surface area (Å²) in [6.07, 6.45) is 0. The minimum atomic E-state index is 0.414. The highest BCUT2D eigenvalue weighted by molar-refractivity contribution is 6.41. The van der Waals surface area contributed by atoms with E-state index >= 15 is 0 Å². The molecule has 2 nitrogen and oxygen atoms in total. The summed E-state index contributed by atoms with van der Waals surface area (Å²) in [5, 5.41) is 5.85. The van der Waals surface area contributed by atoms with Crippen molar-refractivity contribution in [3.8, 4) is 0 Å². The van der Waals surface area contributed by atoms with Crippen LogP contribution in [0.2, 0.25) is 15.1 Å². The minimum Gasteiger partial charge on any atom is -0.275 e. The molecule has 3 aromatic carbocycles. The molecule has 0 bridgehead atoms. The summed E-state index contributed by atoms with van der Waals surface area (Å²) in [7, 11) is 0. The van der Waals surface area contributed by atoms with Crippen molar-refractivity contribution in [1.82, 2.24) is 0 Å². The number of rotatable bonds is 4. The lowest BCUT2D eigenvalue weighted by Gasteiger charge is -2.11. The Labute approximate surface area is 155 Å². The van der Waals surface area contributed by atoms with Gasteiger partial charge in [0.1, 0.15) is 0 Å². The summed E-state index contributed by atoms with van der Waals surface area (Å²) in [4.78, 5) is 0. The van der Waals surface area contributed by atoms with E-state index in [9.17, 15) is 0 Å². The van der Waals surface area contributed by atoms with Gasteiger partial charge in [0, 0.05) is 16.1 Å². The zero-order valence-corrected chi connectivity index (χ0v) is 14.8. The first-order chi connectivity index (χ1) is 11.6. The fourth-order valence-electron chi connectivity index (χ4n) is 2.25. The van der Waals surface area contributed by atoms with Crippen molar-refractivity contribution >= 4 is 46.2 Å². The van der Waals surface area contributed by atoms with E-state index in [1.807, 2.05) is 60.7 Å². The number of hydrogen-bond donors (Lipinski definition) is 1. The predicted octanol–water partition coefficient (Wildman–Crippen LogP) is 6.51.